The van der Waals surface area contributed by atoms with Gasteiger partial charge in [0.15, 0.2) is 23.0 Å². The van der Waals surface area contributed by atoms with E-state index < -0.39 is 5.97 Å². The SMILES string of the molecule is COc1ccc(C(=O)Oc2ccc(/C=C(\C#N)c3ccc(Cl)cc3)cc2OC)cc1OC. The summed E-state index contributed by atoms with van der Waals surface area (Å²) >= 11 is 5.92. The van der Waals surface area contributed by atoms with E-state index in [-0.39, 0.29) is 5.75 Å². The van der Waals surface area contributed by atoms with Crippen molar-refractivity contribution in [1.29, 1.82) is 5.26 Å². The van der Waals surface area contributed by atoms with Crippen LogP contribution in [0.2, 0.25) is 5.02 Å². The lowest BCUT2D eigenvalue weighted by molar-refractivity contribution is 0.0729. The van der Waals surface area contributed by atoms with Gasteiger partial charge in [-0.2, -0.15) is 5.26 Å². The molecule has 0 spiro atoms. The lowest BCUT2D eigenvalue weighted by atomic mass is 10.0. The molecule has 7 heteroatoms. The van der Waals surface area contributed by atoms with Crippen LogP contribution in [0.1, 0.15) is 21.5 Å². The zero-order valence-corrected chi connectivity index (χ0v) is 18.5. The number of benzene rings is 3. The predicted molar refractivity (Wildman–Crippen MR) is 122 cm³/mol. The monoisotopic (exact) mass is 449 g/mol. The molecule has 0 bridgehead atoms. The summed E-state index contributed by atoms with van der Waals surface area (Å²) in [5.41, 5.74) is 2.20. The number of carbonyl (C=O) groups is 1. The molecular formula is C25H20ClNO5. The Kier molecular flexibility index (Phi) is 7.37. The first-order chi connectivity index (χ1) is 15.5. The number of halogens is 1. The Balaban J connectivity index is 1.86. The van der Waals surface area contributed by atoms with E-state index in [2.05, 4.69) is 6.07 Å². The minimum atomic E-state index is -0.577. The van der Waals surface area contributed by atoms with Crippen LogP contribution in [0.25, 0.3) is 11.6 Å². The lowest BCUT2D eigenvalue weighted by Gasteiger charge is -2.12. The molecule has 0 aromatic heterocycles. The molecule has 3 aromatic carbocycles. The lowest BCUT2D eigenvalue weighted by Crippen LogP contribution is -2.09. The Morgan fingerprint density at radius 3 is 2.03 bits per heavy atom. The van der Waals surface area contributed by atoms with Gasteiger partial charge in [-0.15, -0.1) is 0 Å². The molecule has 0 unspecified atom stereocenters. The van der Waals surface area contributed by atoms with Gasteiger partial charge in [0.05, 0.1) is 38.5 Å². The summed E-state index contributed by atoms with van der Waals surface area (Å²) in [6.07, 6.45) is 1.71. The highest BCUT2D eigenvalue weighted by Gasteiger charge is 2.16. The van der Waals surface area contributed by atoms with E-state index >= 15 is 0 Å². The number of esters is 1. The fraction of sp³-hybridized carbons (Fsp3) is 0.120. The van der Waals surface area contributed by atoms with Gasteiger partial charge in [0.2, 0.25) is 0 Å². The Bertz CT molecular complexity index is 1200. The number of ether oxygens (including phenoxy) is 4. The quantitative estimate of drug-likeness (QED) is 0.201. The van der Waals surface area contributed by atoms with Crippen molar-refractivity contribution in [2.24, 2.45) is 0 Å². The topological polar surface area (TPSA) is 77.8 Å². The second kappa shape index (κ2) is 10.4. The third-order valence-electron chi connectivity index (χ3n) is 4.60. The molecule has 0 atom stereocenters. The number of hydrogen-bond acceptors (Lipinski definition) is 6. The Morgan fingerprint density at radius 1 is 0.812 bits per heavy atom. The standard InChI is InChI=1S/C25H20ClNO5/c1-29-21-11-7-18(14-24(21)31-3)25(28)32-22-10-4-16(13-23(22)30-2)12-19(15-27)17-5-8-20(26)9-6-17/h4-14H,1-3H3/b19-12+. The van der Waals surface area contributed by atoms with Gasteiger partial charge in [-0.25, -0.2) is 4.79 Å². The predicted octanol–water partition coefficient (Wildman–Crippen LogP) is 5.65. The second-order valence-corrected chi connectivity index (χ2v) is 6.98. The molecule has 32 heavy (non-hydrogen) atoms. The van der Waals surface area contributed by atoms with Crippen molar-refractivity contribution in [3.63, 3.8) is 0 Å². The van der Waals surface area contributed by atoms with Crippen LogP contribution >= 0.6 is 11.6 Å². The Labute approximate surface area is 191 Å². The van der Waals surface area contributed by atoms with Gasteiger partial charge in [-0.05, 0) is 59.7 Å². The maximum absolute atomic E-state index is 12.6. The Hall–Kier alpha value is -3.95. The summed E-state index contributed by atoms with van der Waals surface area (Å²) in [4.78, 5) is 12.6. The summed E-state index contributed by atoms with van der Waals surface area (Å²) in [5.74, 6) is 0.939. The molecule has 0 aliphatic carbocycles. The number of hydrogen-bond donors (Lipinski definition) is 0. The smallest absolute Gasteiger partial charge is 0.343 e. The molecule has 0 saturated carbocycles. The number of carbonyl (C=O) groups excluding carboxylic acids is 1. The zero-order valence-electron chi connectivity index (χ0n) is 17.7. The summed E-state index contributed by atoms with van der Waals surface area (Å²) < 4.78 is 21.3. The molecule has 0 radical (unpaired) electrons. The minimum Gasteiger partial charge on any atom is -0.493 e. The molecular weight excluding hydrogens is 430 g/mol. The fourth-order valence-corrected chi connectivity index (χ4v) is 3.08. The first-order valence-corrected chi connectivity index (χ1v) is 9.86. The molecule has 0 N–H and O–H groups in total. The van der Waals surface area contributed by atoms with Crippen molar-refractivity contribution in [2.75, 3.05) is 21.3 Å². The zero-order chi connectivity index (χ0) is 23.1. The van der Waals surface area contributed by atoms with Crippen molar-refractivity contribution in [3.05, 3.63) is 82.4 Å². The largest absolute Gasteiger partial charge is 0.493 e. The minimum absolute atomic E-state index is 0.245. The normalized spacial score (nSPS) is 10.8. The Morgan fingerprint density at radius 2 is 1.41 bits per heavy atom. The van der Waals surface area contributed by atoms with Gasteiger partial charge < -0.3 is 18.9 Å². The van der Waals surface area contributed by atoms with E-state index in [4.69, 9.17) is 30.5 Å². The van der Waals surface area contributed by atoms with Gasteiger partial charge in [-0.1, -0.05) is 29.8 Å². The number of methoxy groups -OCH3 is 3. The van der Waals surface area contributed by atoms with Gasteiger partial charge >= 0.3 is 5.97 Å². The van der Waals surface area contributed by atoms with E-state index in [0.29, 0.717) is 39.0 Å². The number of nitriles is 1. The van der Waals surface area contributed by atoms with Crippen molar-refractivity contribution in [1.82, 2.24) is 0 Å². The van der Waals surface area contributed by atoms with Crippen LogP contribution in [0.15, 0.2) is 60.7 Å². The first-order valence-electron chi connectivity index (χ1n) is 9.49. The molecule has 162 valence electrons. The van der Waals surface area contributed by atoms with Crippen LogP contribution in [0.5, 0.6) is 23.0 Å². The van der Waals surface area contributed by atoms with E-state index in [1.165, 1.54) is 27.4 Å². The highest BCUT2D eigenvalue weighted by molar-refractivity contribution is 6.30. The molecule has 3 aromatic rings. The number of allylic oxidation sites excluding steroid dienone is 1. The van der Waals surface area contributed by atoms with Crippen LogP contribution in [-0.4, -0.2) is 27.3 Å². The maximum Gasteiger partial charge on any atom is 0.343 e. The van der Waals surface area contributed by atoms with Crippen molar-refractivity contribution < 1.29 is 23.7 Å². The number of rotatable bonds is 7. The average Bonchev–Trinajstić information content (AvgIpc) is 2.83. The number of nitrogens with zero attached hydrogens (tertiary/aromatic N) is 1. The van der Waals surface area contributed by atoms with Crippen LogP contribution in [0.4, 0.5) is 0 Å². The van der Waals surface area contributed by atoms with E-state index in [0.717, 1.165) is 5.56 Å². The highest BCUT2D eigenvalue weighted by atomic mass is 35.5. The summed E-state index contributed by atoms with van der Waals surface area (Å²) in [6, 6.07) is 18.9. The van der Waals surface area contributed by atoms with Crippen molar-refractivity contribution >= 4 is 29.2 Å². The molecule has 3 rings (SSSR count). The van der Waals surface area contributed by atoms with Crippen molar-refractivity contribution in [2.45, 2.75) is 0 Å². The molecule has 0 aliphatic rings. The molecule has 0 amide bonds. The van der Waals surface area contributed by atoms with E-state index in [9.17, 15) is 10.1 Å². The summed E-state index contributed by atoms with van der Waals surface area (Å²) in [6.45, 7) is 0. The van der Waals surface area contributed by atoms with Crippen molar-refractivity contribution in [3.8, 4) is 29.1 Å². The fourth-order valence-electron chi connectivity index (χ4n) is 2.96. The molecule has 6 nitrogen and oxygen atoms in total. The highest BCUT2D eigenvalue weighted by Crippen LogP contribution is 2.32. The maximum atomic E-state index is 12.6. The molecule has 0 heterocycles. The second-order valence-electron chi connectivity index (χ2n) is 6.55. The van der Waals surface area contributed by atoms with Gasteiger partial charge in [0.25, 0.3) is 0 Å². The third kappa shape index (κ3) is 5.20. The van der Waals surface area contributed by atoms with Crippen LogP contribution < -0.4 is 18.9 Å². The van der Waals surface area contributed by atoms with E-state index in [1.54, 1.807) is 60.7 Å². The molecule has 0 saturated heterocycles. The van der Waals surface area contributed by atoms with E-state index in [1.807, 2.05) is 0 Å². The molecule has 0 fully saturated rings. The first kappa shape index (κ1) is 22.7. The van der Waals surface area contributed by atoms with Crippen LogP contribution in [-0.2, 0) is 0 Å². The summed E-state index contributed by atoms with van der Waals surface area (Å²) in [5, 5.41) is 10.1. The third-order valence-corrected chi connectivity index (χ3v) is 4.85. The van der Waals surface area contributed by atoms with Crippen LogP contribution in [0.3, 0.4) is 0 Å². The average molecular weight is 450 g/mol. The van der Waals surface area contributed by atoms with Gasteiger partial charge in [0, 0.05) is 5.02 Å². The molecule has 0 aliphatic heterocycles. The summed E-state index contributed by atoms with van der Waals surface area (Å²) in [7, 11) is 4.48. The van der Waals surface area contributed by atoms with Gasteiger partial charge in [-0.3, -0.25) is 0 Å². The van der Waals surface area contributed by atoms with Gasteiger partial charge in [0.1, 0.15) is 0 Å². The van der Waals surface area contributed by atoms with Crippen LogP contribution in [0, 0.1) is 11.3 Å².